The molecule has 0 aromatic heterocycles. The summed E-state index contributed by atoms with van der Waals surface area (Å²) in [4.78, 5) is 18.3. The fraction of sp³-hybridized carbons (Fsp3) is 0.564. The third kappa shape index (κ3) is 7.49. The third-order valence-corrected chi connectivity index (χ3v) is 9.99. The Labute approximate surface area is 265 Å². The van der Waals surface area contributed by atoms with Crippen molar-refractivity contribution in [2.45, 2.75) is 96.5 Å². The highest BCUT2D eigenvalue weighted by Gasteiger charge is 2.44. The molecule has 4 aliphatic rings. The van der Waals surface area contributed by atoms with Crippen LogP contribution in [0, 0.1) is 5.92 Å². The van der Waals surface area contributed by atoms with Gasteiger partial charge in [0, 0.05) is 26.1 Å². The van der Waals surface area contributed by atoms with Gasteiger partial charge in [-0.1, -0.05) is 69.2 Å². The SMILES string of the molecule is CCCC1(CCC)Oc2cc(CC3CC3)cc(OC(=O)CCCN3CCCC3)c2C2=C1CCN(C/C=C/c1ccccc1)C2. The van der Waals surface area contributed by atoms with Crippen LogP contribution in [0.25, 0.3) is 11.6 Å². The van der Waals surface area contributed by atoms with Gasteiger partial charge >= 0.3 is 5.97 Å². The summed E-state index contributed by atoms with van der Waals surface area (Å²) in [6, 6.07) is 15.0. The molecule has 5 nitrogen and oxygen atoms in total. The van der Waals surface area contributed by atoms with Crippen LogP contribution in [0.5, 0.6) is 11.5 Å². The van der Waals surface area contributed by atoms with E-state index < -0.39 is 0 Å². The molecule has 2 aromatic carbocycles. The number of ether oxygens (including phenoxy) is 2. The molecule has 0 unspecified atom stereocenters. The van der Waals surface area contributed by atoms with Crippen LogP contribution in [0.2, 0.25) is 0 Å². The summed E-state index contributed by atoms with van der Waals surface area (Å²) in [5.41, 5.74) is 6.02. The van der Waals surface area contributed by atoms with Crippen LogP contribution < -0.4 is 9.47 Å². The van der Waals surface area contributed by atoms with Gasteiger partial charge in [-0.05, 0) is 118 Å². The van der Waals surface area contributed by atoms with Crippen LogP contribution in [0.1, 0.15) is 101 Å². The Balaban J connectivity index is 1.30. The first-order chi connectivity index (χ1) is 21.6. The van der Waals surface area contributed by atoms with Crippen LogP contribution in [-0.2, 0) is 11.2 Å². The van der Waals surface area contributed by atoms with Crippen LogP contribution in [-0.4, -0.2) is 60.6 Å². The van der Waals surface area contributed by atoms with E-state index in [1.165, 1.54) is 48.0 Å². The summed E-state index contributed by atoms with van der Waals surface area (Å²) in [7, 11) is 0. The number of esters is 1. The van der Waals surface area contributed by atoms with E-state index in [0.29, 0.717) is 6.42 Å². The zero-order valence-corrected chi connectivity index (χ0v) is 27.1. The Morgan fingerprint density at radius 2 is 1.80 bits per heavy atom. The zero-order chi connectivity index (χ0) is 30.4. The number of rotatable bonds is 14. The summed E-state index contributed by atoms with van der Waals surface area (Å²) in [5, 5.41) is 0. The van der Waals surface area contributed by atoms with Gasteiger partial charge in [0.15, 0.2) is 0 Å². The number of hydrogen-bond donors (Lipinski definition) is 0. The highest BCUT2D eigenvalue weighted by Crippen LogP contribution is 2.52. The highest BCUT2D eigenvalue weighted by molar-refractivity contribution is 5.85. The lowest BCUT2D eigenvalue weighted by Gasteiger charge is -2.46. The first kappa shape index (κ1) is 31.1. The molecule has 0 spiro atoms. The molecular formula is C39H52N2O3. The Morgan fingerprint density at radius 1 is 1.02 bits per heavy atom. The fourth-order valence-electron chi connectivity index (χ4n) is 7.72. The molecule has 0 amide bonds. The van der Waals surface area contributed by atoms with E-state index in [9.17, 15) is 4.79 Å². The van der Waals surface area contributed by atoms with Gasteiger partial charge in [0.2, 0.25) is 0 Å². The van der Waals surface area contributed by atoms with Crippen molar-refractivity contribution in [3.05, 3.63) is 70.8 Å². The first-order valence-electron chi connectivity index (χ1n) is 17.5. The second kappa shape index (κ2) is 14.5. The van der Waals surface area contributed by atoms with Crippen molar-refractivity contribution in [2.24, 2.45) is 5.92 Å². The summed E-state index contributed by atoms with van der Waals surface area (Å²) in [6.07, 6.45) is 17.2. The number of benzene rings is 2. The summed E-state index contributed by atoms with van der Waals surface area (Å²) < 4.78 is 13.5. The maximum atomic E-state index is 13.3. The minimum Gasteiger partial charge on any atom is -0.482 e. The Hall–Kier alpha value is -2.89. The summed E-state index contributed by atoms with van der Waals surface area (Å²) in [6.45, 7) is 10.6. The zero-order valence-electron chi connectivity index (χ0n) is 27.1. The number of hydrogen-bond acceptors (Lipinski definition) is 5. The van der Waals surface area contributed by atoms with Gasteiger partial charge in [0.25, 0.3) is 0 Å². The molecule has 2 fully saturated rings. The van der Waals surface area contributed by atoms with E-state index in [1.807, 2.05) is 0 Å². The second-order valence-corrected chi connectivity index (χ2v) is 13.6. The Kier molecular flexibility index (Phi) is 10.2. The van der Waals surface area contributed by atoms with Crippen molar-refractivity contribution in [3.63, 3.8) is 0 Å². The molecule has 3 aliphatic heterocycles. The lowest BCUT2D eigenvalue weighted by atomic mass is 9.75. The van der Waals surface area contributed by atoms with Gasteiger partial charge in [0.1, 0.15) is 17.1 Å². The maximum Gasteiger partial charge on any atom is 0.311 e. The molecular weight excluding hydrogens is 544 g/mol. The molecule has 6 rings (SSSR count). The van der Waals surface area contributed by atoms with Gasteiger partial charge in [-0.2, -0.15) is 0 Å². The van der Waals surface area contributed by atoms with Crippen LogP contribution in [0.4, 0.5) is 0 Å². The first-order valence-corrected chi connectivity index (χ1v) is 17.5. The van der Waals surface area contributed by atoms with E-state index in [2.05, 4.69) is 78.3 Å². The van der Waals surface area contributed by atoms with Crippen molar-refractivity contribution in [1.82, 2.24) is 9.80 Å². The molecule has 1 saturated heterocycles. The van der Waals surface area contributed by atoms with Gasteiger partial charge in [-0.15, -0.1) is 0 Å². The average molecular weight is 597 g/mol. The molecule has 2 aromatic rings. The topological polar surface area (TPSA) is 42.0 Å². The molecule has 0 N–H and O–H groups in total. The van der Waals surface area contributed by atoms with Crippen molar-refractivity contribution < 1.29 is 14.3 Å². The number of fused-ring (bicyclic) bond motifs is 2. The molecule has 44 heavy (non-hydrogen) atoms. The maximum absolute atomic E-state index is 13.3. The van der Waals surface area contributed by atoms with E-state index in [4.69, 9.17) is 9.47 Å². The average Bonchev–Trinajstić information content (AvgIpc) is 3.67. The minimum absolute atomic E-state index is 0.116. The predicted octanol–water partition coefficient (Wildman–Crippen LogP) is 8.32. The second-order valence-electron chi connectivity index (χ2n) is 13.6. The molecule has 0 atom stereocenters. The van der Waals surface area contributed by atoms with E-state index in [-0.39, 0.29) is 11.6 Å². The van der Waals surface area contributed by atoms with Gasteiger partial charge in [-0.3, -0.25) is 9.69 Å². The fourth-order valence-corrected chi connectivity index (χ4v) is 7.72. The number of likely N-dealkylation sites (tertiary alicyclic amines) is 1. The van der Waals surface area contributed by atoms with Crippen LogP contribution in [0.15, 0.2) is 54.1 Å². The smallest absolute Gasteiger partial charge is 0.311 e. The van der Waals surface area contributed by atoms with Crippen LogP contribution in [0.3, 0.4) is 0 Å². The highest BCUT2D eigenvalue weighted by atomic mass is 16.5. The lowest BCUT2D eigenvalue weighted by molar-refractivity contribution is -0.134. The monoisotopic (exact) mass is 596 g/mol. The summed E-state index contributed by atoms with van der Waals surface area (Å²) >= 11 is 0. The quantitative estimate of drug-likeness (QED) is 0.162. The molecule has 5 heteroatoms. The van der Waals surface area contributed by atoms with E-state index in [1.54, 1.807) is 0 Å². The number of nitrogens with zero attached hydrogens (tertiary/aromatic N) is 2. The minimum atomic E-state index is -0.271. The molecule has 236 valence electrons. The largest absolute Gasteiger partial charge is 0.482 e. The Morgan fingerprint density at radius 3 is 2.52 bits per heavy atom. The van der Waals surface area contributed by atoms with E-state index >= 15 is 0 Å². The third-order valence-electron chi connectivity index (χ3n) is 9.99. The van der Waals surface area contributed by atoms with Crippen molar-refractivity contribution in [2.75, 3.05) is 39.3 Å². The van der Waals surface area contributed by atoms with Gasteiger partial charge in [-0.25, -0.2) is 0 Å². The predicted molar refractivity (Wildman–Crippen MR) is 180 cm³/mol. The molecule has 1 aliphatic carbocycles. The standard InChI is InChI=1S/C39H52N2O3/c1-3-19-39(20-4-2)34-18-25-41(24-10-14-30-12-6-5-7-13-30)29-33(34)38-35(27-32(26-31-16-17-31)28-36(38)44-39)43-37(42)15-11-23-40-21-8-9-22-40/h5-7,10,12-14,27-28,31H,3-4,8-9,11,15-26,29H2,1-2H3/b14-10+. The van der Waals surface area contributed by atoms with Crippen molar-refractivity contribution in [3.8, 4) is 11.5 Å². The normalized spacial score (nSPS) is 20.0. The van der Waals surface area contributed by atoms with Gasteiger partial charge in [0.05, 0.1) is 5.56 Å². The lowest BCUT2D eigenvalue weighted by Crippen LogP contribution is -2.46. The van der Waals surface area contributed by atoms with Crippen molar-refractivity contribution in [1.29, 1.82) is 0 Å². The molecule has 0 bridgehead atoms. The van der Waals surface area contributed by atoms with Crippen molar-refractivity contribution >= 4 is 17.6 Å². The molecule has 1 saturated carbocycles. The molecule has 0 radical (unpaired) electrons. The van der Waals surface area contributed by atoms with Gasteiger partial charge < -0.3 is 14.4 Å². The number of carbonyl (C=O) groups excluding carboxylic acids is 1. The number of carbonyl (C=O) groups is 1. The summed E-state index contributed by atoms with van der Waals surface area (Å²) in [5.74, 6) is 2.29. The molecule has 3 heterocycles. The van der Waals surface area contributed by atoms with Crippen LogP contribution >= 0.6 is 0 Å². The Bertz CT molecular complexity index is 1330. The van der Waals surface area contributed by atoms with E-state index in [0.717, 1.165) is 107 Å².